The van der Waals surface area contributed by atoms with Gasteiger partial charge in [0, 0.05) is 18.7 Å². The van der Waals surface area contributed by atoms with Crippen LogP contribution in [0, 0.1) is 11.3 Å². The monoisotopic (exact) mass is 510 g/mol. The summed E-state index contributed by atoms with van der Waals surface area (Å²) in [5.41, 5.74) is 1.91. The maximum Gasteiger partial charge on any atom is 0.277 e. The highest BCUT2D eigenvalue weighted by Gasteiger charge is 2.23. The van der Waals surface area contributed by atoms with Crippen molar-refractivity contribution in [3.63, 3.8) is 0 Å². The molecule has 0 bridgehead atoms. The van der Waals surface area contributed by atoms with Crippen molar-refractivity contribution >= 4 is 38.4 Å². The van der Waals surface area contributed by atoms with Crippen LogP contribution < -0.4 is 0 Å². The minimum atomic E-state index is -3.64. The number of aromatic nitrogens is 4. The van der Waals surface area contributed by atoms with Crippen molar-refractivity contribution in [2.45, 2.75) is 24.0 Å². The van der Waals surface area contributed by atoms with E-state index in [1.807, 2.05) is 24.3 Å². The van der Waals surface area contributed by atoms with E-state index in [4.69, 9.17) is 4.42 Å². The fraction of sp³-hybridized carbons (Fsp3) is 0.217. The number of imidazole rings is 1. The van der Waals surface area contributed by atoms with Crippen molar-refractivity contribution in [2.75, 3.05) is 18.8 Å². The number of thioether (sulfide) groups is 1. The molecule has 4 rings (SSSR count). The molecule has 4 aromatic rings. The Kier molecular flexibility index (Phi) is 7.20. The van der Waals surface area contributed by atoms with E-state index in [0.29, 0.717) is 24.2 Å². The van der Waals surface area contributed by atoms with Crippen molar-refractivity contribution in [1.82, 2.24) is 24.5 Å². The van der Waals surface area contributed by atoms with Gasteiger partial charge in [0.2, 0.25) is 15.9 Å². The van der Waals surface area contributed by atoms with Gasteiger partial charge >= 0.3 is 0 Å². The fourth-order valence-electron chi connectivity index (χ4n) is 3.41. The average molecular weight is 511 g/mol. The zero-order valence-electron chi connectivity index (χ0n) is 19.0. The van der Waals surface area contributed by atoms with Crippen LogP contribution in [0.4, 0.5) is 0 Å². The SMILES string of the molecule is CCN(CC)S(=O)(=O)c1cccc(-c2nnc(SCC(O)=C(C#N)c3nc4ccccc4[nH]3)o2)c1. The Labute approximate surface area is 206 Å². The summed E-state index contributed by atoms with van der Waals surface area (Å²) in [5, 5.41) is 28.2. The van der Waals surface area contributed by atoms with Crippen molar-refractivity contribution in [1.29, 1.82) is 5.26 Å². The molecule has 180 valence electrons. The first-order chi connectivity index (χ1) is 16.9. The molecule has 0 aliphatic heterocycles. The Hall–Kier alpha value is -3.66. The molecule has 0 aliphatic carbocycles. The molecule has 2 N–H and O–H groups in total. The number of nitrogens with zero attached hydrogens (tertiary/aromatic N) is 5. The molecule has 2 heterocycles. The standard InChI is InChI=1S/C23H22N6O4S2/c1-3-29(4-2)35(31,32)16-9-7-8-15(12-16)22-27-28-23(33-22)34-14-20(30)17(13-24)21-25-18-10-5-6-11-19(18)26-21/h5-12,30H,3-4,14H2,1-2H3,(H,25,26). The van der Waals surface area contributed by atoms with Crippen LogP contribution in [-0.2, 0) is 10.0 Å². The molecule has 0 amide bonds. The number of aliphatic hydroxyl groups excluding tert-OH is 1. The second-order valence-electron chi connectivity index (χ2n) is 7.32. The summed E-state index contributed by atoms with van der Waals surface area (Å²) in [5.74, 6) is 0.219. The fourth-order valence-corrected chi connectivity index (χ4v) is 5.56. The Balaban J connectivity index is 1.52. The van der Waals surface area contributed by atoms with Crippen LogP contribution in [0.1, 0.15) is 19.7 Å². The molecule has 0 unspecified atom stereocenters. The van der Waals surface area contributed by atoms with Crippen LogP contribution >= 0.6 is 11.8 Å². The van der Waals surface area contributed by atoms with E-state index in [2.05, 4.69) is 20.2 Å². The first kappa shape index (κ1) is 24.5. The summed E-state index contributed by atoms with van der Waals surface area (Å²) < 4.78 is 32.7. The number of fused-ring (bicyclic) bond motifs is 1. The van der Waals surface area contributed by atoms with Gasteiger partial charge in [-0.1, -0.05) is 43.8 Å². The third kappa shape index (κ3) is 5.07. The van der Waals surface area contributed by atoms with Gasteiger partial charge in [-0.2, -0.15) is 9.57 Å². The quantitative estimate of drug-likeness (QED) is 0.192. The number of para-hydroxylation sites is 2. The Morgan fingerprint density at radius 1 is 1.17 bits per heavy atom. The number of nitriles is 1. The lowest BCUT2D eigenvalue weighted by Crippen LogP contribution is -2.30. The highest BCUT2D eigenvalue weighted by Crippen LogP contribution is 2.28. The first-order valence-corrected chi connectivity index (χ1v) is 13.1. The number of allylic oxidation sites excluding steroid dienone is 1. The van der Waals surface area contributed by atoms with Gasteiger partial charge in [0.25, 0.3) is 5.22 Å². The van der Waals surface area contributed by atoms with E-state index < -0.39 is 10.0 Å². The van der Waals surface area contributed by atoms with Gasteiger partial charge in [-0.15, -0.1) is 10.2 Å². The summed E-state index contributed by atoms with van der Waals surface area (Å²) in [6.45, 7) is 4.28. The molecular weight excluding hydrogens is 488 g/mol. The molecule has 0 radical (unpaired) electrons. The number of hydrogen-bond donors (Lipinski definition) is 2. The highest BCUT2D eigenvalue weighted by atomic mass is 32.2. The number of H-pyrrole nitrogens is 1. The maximum atomic E-state index is 12.8. The molecule has 2 aromatic heterocycles. The van der Waals surface area contributed by atoms with Crippen molar-refractivity contribution in [2.24, 2.45) is 0 Å². The lowest BCUT2D eigenvalue weighted by Gasteiger charge is -2.18. The summed E-state index contributed by atoms with van der Waals surface area (Å²) in [4.78, 5) is 7.50. The average Bonchev–Trinajstić information content (AvgIpc) is 3.51. The predicted octanol–water partition coefficient (Wildman–Crippen LogP) is 4.23. The van der Waals surface area contributed by atoms with E-state index in [0.717, 1.165) is 17.3 Å². The van der Waals surface area contributed by atoms with Crippen LogP contribution in [0.25, 0.3) is 28.1 Å². The zero-order valence-corrected chi connectivity index (χ0v) is 20.6. The van der Waals surface area contributed by atoms with Crippen molar-refractivity contribution in [3.8, 4) is 17.5 Å². The van der Waals surface area contributed by atoms with Crippen LogP contribution in [0.15, 0.2) is 68.8 Å². The predicted molar refractivity (Wildman–Crippen MR) is 132 cm³/mol. The largest absolute Gasteiger partial charge is 0.510 e. The number of hydrogen-bond acceptors (Lipinski definition) is 9. The zero-order chi connectivity index (χ0) is 25.0. The van der Waals surface area contributed by atoms with E-state index in [1.165, 1.54) is 16.4 Å². The number of benzene rings is 2. The molecule has 0 aliphatic rings. The molecule has 0 saturated heterocycles. The van der Waals surface area contributed by atoms with Gasteiger partial charge in [-0.25, -0.2) is 13.4 Å². The van der Waals surface area contributed by atoms with E-state index >= 15 is 0 Å². The van der Waals surface area contributed by atoms with Crippen molar-refractivity contribution < 1.29 is 17.9 Å². The van der Waals surface area contributed by atoms with Gasteiger partial charge < -0.3 is 14.5 Å². The highest BCUT2D eigenvalue weighted by molar-refractivity contribution is 7.99. The number of nitrogens with one attached hydrogen (secondary N) is 1. The van der Waals surface area contributed by atoms with E-state index in [-0.39, 0.29) is 38.9 Å². The third-order valence-corrected chi connectivity index (χ3v) is 8.07. The van der Waals surface area contributed by atoms with Crippen molar-refractivity contribution in [3.05, 3.63) is 60.1 Å². The second-order valence-corrected chi connectivity index (χ2v) is 10.2. The van der Waals surface area contributed by atoms with Crippen LogP contribution in [0.3, 0.4) is 0 Å². The molecule has 0 spiro atoms. The Morgan fingerprint density at radius 2 is 1.94 bits per heavy atom. The van der Waals surface area contributed by atoms with Gasteiger partial charge in [-0.05, 0) is 30.3 Å². The maximum absolute atomic E-state index is 12.8. The minimum absolute atomic E-state index is 0.00203. The molecule has 0 saturated carbocycles. The topological polar surface area (TPSA) is 149 Å². The molecule has 12 heteroatoms. The number of aliphatic hydroxyl groups is 1. The smallest absolute Gasteiger partial charge is 0.277 e. The summed E-state index contributed by atoms with van der Waals surface area (Å²) >= 11 is 1.04. The summed E-state index contributed by atoms with van der Waals surface area (Å²) in [6, 6.07) is 15.6. The van der Waals surface area contributed by atoms with Gasteiger partial charge in [-0.3, -0.25) is 0 Å². The molecular formula is C23H22N6O4S2. The Morgan fingerprint density at radius 3 is 2.66 bits per heavy atom. The lowest BCUT2D eigenvalue weighted by atomic mass is 10.2. The van der Waals surface area contributed by atoms with Crippen LogP contribution in [0.2, 0.25) is 0 Å². The molecule has 2 aromatic carbocycles. The first-order valence-electron chi connectivity index (χ1n) is 10.7. The van der Waals surface area contributed by atoms with E-state index in [1.54, 1.807) is 32.0 Å². The van der Waals surface area contributed by atoms with Crippen LogP contribution in [-0.4, -0.2) is 56.8 Å². The molecule has 0 atom stereocenters. The third-order valence-electron chi connectivity index (χ3n) is 5.19. The molecule has 0 fully saturated rings. The number of rotatable bonds is 9. The molecule has 10 nitrogen and oxygen atoms in total. The minimum Gasteiger partial charge on any atom is -0.510 e. The number of aromatic amines is 1. The Bertz CT molecular complexity index is 1500. The van der Waals surface area contributed by atoms with Crippen LogP contribution in [0.5, 0.6) is 0 Å². The summed E-state index contributed by atoms with van der Waals surface area (Å²) in [7, 11) is -3.64. The summed E-state index contributed by atoms with van der Waals surface area (Å²) in [6.07, 6.45) is 0. The molecule has 35 heavy (non-hydrogen) atoms. The number of sulfonamides is 1. The van der Waals surface area contributed by atoms with E-state index in [9.17, 15) is 18.8 Å². The normalized spacial score (nSPS) is 12.6. The second kappa shape index (κ2) is 10.3. The van der Waals surface area contributed by atoms with Gasteiger partial charge in [0.15, 0.2) is 5.82 Å². The van der Waals surface area contributed by atoms with Gasteiger partial charge in [0.05, 0.1) is 21.7 Å². The van der Waals surface area contributed by atoms with Gasteiger partial charge in [0.1, 0.15) is 17.4 Å². The lowest BCUT2D eigenvalue weighted by molar-refractivity contribution is 0.418.